The van der Waals surface area contributed by atoms with Gasteiger partial charge in [-0.2, -0.15) is 0 Å². The van der Waals surface area contributed by atoms with Crippen molar-refractivity contribution in [3.8, 4) is 11.8 Å². The van der Waals surface area contributed by atoms with Crippen molar-refractivity contribution in [2.45, 2.75) is 6.43 Å². The van der Waals surface area contributed by atoms with Gasteiger partial charge in [0.05, 0.1) is 18.7 Å². The van der Waals surface area contributed by atoms with Crippen molar-refractivity contribution in [1.29, 1.82) is 0 Å². The molecular formula is C14H15F3N2O2. The fourth-order valence-corrected chi connectivity index (χ4v) is 1.46. The van der Waals surface area contributed by atoms with E-state index in [0.717, 1.165) is 6.07 Å². The van der Waals surface area contributed by atoms with Crippen LogP contribution in [0, 0.1) is 17.7 Å². The molecule has 7 heteroatoms. The van der Waals surface area contributed by atoms with E-state index in [1.54, 1.807) is 0 Å². The molecule has 0 unspecified atom stereocenters. The summed E-state index contributed by atoms with van der Waals surface area (Å²) in [5.41, 5.74) is 5.64. The highest BCUT2D eigenvalue weighted by atomic mass is 19.3. The van der Waals surface area contributed by atoms with Gasteiger partial charge in [-0.05, 0) is 18.2 Å². The molecule has 0 saturated heterocycles. The van der Waals surface area contributed by atoms with Gasteiger partial charge >= 0.3 is 0 Å². The number of nitrogens with one attached hydrogen (secondary N) is 1. The van der Waals surface area contributed by atoms with Crippen molar-refractivity contribution in [3.05, 3.63) is 35.1 Å². The van der Waals surface area contributed by atoms with Crippen molar-refractivity contribution in [3.63, 3.8) is 0 Å². The summed E-state index contributed by atoms with van der Waals surface area (Å²) in [7, 11) is 0. The van der Waals surface area contributed by atoms with Crippen LogP contribution in [0.25, 0.3) is 0 Å². The first-order valence-electron chi connectivity index (χ1n) is 6.17. The highest BCUT2D eigenvalue weighted by molar-refractivity contribution is 5.96. The summed E-state index contributed by atoms with van der Waals surface area (Å²) >= 11 is 0. The summed E-state index contributed by atoms with van der Waals surface area (Å²) in [6, 6.07) is 3.61. The van der Waals surface area contributed by atoms with Gasteiger partial charge in [0.15, 0.2) is 0 Å². The molecule has 114 valence electrons. The Morgan fingerprint density at radius 1 is 1.43 bits per heavy atom. The minimum absolute atomic E-state index is 0.0336. The first-order valence-corrected chi connectivity index (χ1v) is 6.17. The lowest BCUT2D eigenvalue weighted by Crippen LogP contribution is -2.28. The Kier molecular flexibility index (Phi) is 7.29. The minimum atomic E-state index is -2.55. The molecule has 1 rings (SSSR count). The number of nitrogens with two attached hydrogens (primary N) is 1. The maximum absolute atomic E-state index is 13.2. The van der Waals surface area contributed by atoms with Gasteiger partial charge in [-0.1, -0.05) is 11.8 Å². The van der Waals surface area contributed by atoms with Crippen LogP contribution in [0.4, 0.5) is 13.2 Å². The minimum Gasteiger partial charge on any atom is -0.374 e. The largest absolute Gasteiger partial charge is 0.374 e. The van der Waals surface area contributed by atoms with Crippen LogP contribution in [0.15, 0.2) is 18.2 Å². The molecule has 0 radical (unpaired) electrons. The van der Waals surface area contributed by atoms with E-state index in [0.29, 0.717) is 5.56 Å². The lowest BCUT2D eigenvalue weighted by molar-refractivity contribution is 0.0188. The van der Waals surface area contributed by atoms with Crippen molar-refractivity contribution < 1.29 is 22.7 Å². The number of benzene rings is 1. The average molecular weight is 300 g/mol. The number of amides is 1. The molecule has 1 amide bonds. The Balaban J connectivity index is 2.62. The van der Waals surface area contributed by atoms with E-state index in [1.807, 2.05) is 0 Å². The van der Waals surface area contributed by atoms with Crippen LogP contribution in [0.1, 0.15) is 15.9 Å². The molecule has 0 atom stereocenters. The zero-order chi connectivity index (χ0) is 15.7. The summed E-state index contributed by atoms with van der Waals surface area (Å²) in [6.07, 6.45) is -2.55. The summed E-state index contributed by atoms with van der Waals surface area (Å²) in [4.78, 5) is 11.9. The number of hydrogen-bond donors (Lipinski definition) is 2. The standard InChI is InChI=1S/C14H15F3N2O2/c15-11-4-3-10(2-1-5-18)12(8-11)14(20)19-6-7-21-9-13(16)17/h3-4,8,13H,5-7,9,18H2,(H,19,20). The number of alkyl halides is 2. The van der Waals surface area contributed by atoms with E-state index in [4.69, 9.17) is 5.73 Å². The molecule has 0 aliphatic rings. The second kappa shape index (κ2) is 9.00. The molecule has 0 fully saturated rings. The monoisotopic (exact) mass is 300 g/mol. The number of carbonyl (C=O) groups excluding carboxylic acids is 1. The normalized spacial score (nSPS) is 10.1. The number of halogens is 3. The topological polar surface area (TPSA) is 64.4 Å². The van der Waals surface area contributed by atoms with E-state index in [-0.39, 0.29) is 25.3 Å². The number of hydrogen-bond acceptors (Lipinski definition) is 3. The lowest BCUT2D eigenvalue weighted by Gasteiger charge is -2.08. The van der Waals surface area contributed by atoms with Gasteiger partial charge in [0, 0.05) is 12.1 Å². The summed E-state index contributed by atoms with van der Waals surface area (Å²) in [6.45, 7) is -0.607. The third kappa shape index (κ3) is 6.29. The van der Waals surface area contributed by atoms with Crippen LogP contribution in [-0.4, -0.2) is 38.6 Å². The Labute approximate surface area is 120 Å². The third-order valence-electron chi connectivity index (χ3n) is 2.33. The predicted molar refractivity (Wildman–Crippen MR) is 71.5 cm³/mol. The second-order valence-electron chi connectivity index (χ2n) is 3.92. The Morgan fingerprint density at radius 2 is 2.19 bits per heavy atom. The molecule has 21 heavy (non-hydrogen) atoms. The van der Waals surface area contributed by atoms with Crippen LogP contribution in [0.5, 0.6) is 0 Å². The maximum Gasteiger partial charge on any atom is 0.261 e. The van der Waals surface area contributed by atoms with Crippen LogP contribution in [0.2, 0.25) is 0 Å². The Morgan fingerprint density at radius 3 is 2.86 bits per heavy atom. The molecule has 3 N–H and O–H groups in total. The van der Waals surface area contributed by atoms with E-state index in [9.17, 15) is 18.0 Å². The molecule has 1 aromatic carbocycles. The van der Waals surface area contributed by atoms with E-state index in [2.05, 4.69) is 21.9 Å². The first-order chi connectivity index (χ1) is 10.0. The molecule has 4 nitrogen and oxygen atoms in total. The van der Waals surface area contributed by atoms with E-state index >= 15 is 0 Å². The fourth-order valence-electron chi connectivity index (χ4n) is 1.46. The zero-order valence-electron chi connectivity index (χ0n) is 11.2. The molecule has 0 aliphatic carbocycles. The van der Waals surface area contributed by atoms with E-state index in [1.165, 1.54) is 12.1 Å². The van der Waals surface area contributed by atoms with Crippen LogP contribution in [0.3, 0.4) is 0 Å². The molecular weight excluding hydrogens is 285 g/mol. The average Bonchev–Trinajstić information content (AvgIpc) is 2.45. The SMILES string of the molecule is NCC#Cc1ccc(F)cc1C(=O)NCCOCC(F)F. The summed E-state index contributed by atoms with van der Waals surface area (Å²) in [5.74, 6) is 4.10. The van der Waals surface area contributed by atoms with Crippen LogP contribution >= 0.6 is 0 Å². The van der Waals surface area contributed by atoms with Gasteiger partial charge in [-0.25, -0.2) is 13.2 Å². The Hall–Kier alpha value is -2.04. The molecule has 0 bridgehead atoms. The molecule has 0 aliphatic heterocycles. The smallest absolute Gasteiger partial charge is 0.261 e. The predicted octanol–water partition coefficient (Wildman–Crippen LogP) is 1.15. The molecule has 1 aromatic rings. The third-order valence-corrected chi connectivity index (χ3v) is 2.33. The molecule has 0 heterocycles. The molecule has 0 saturated carbocycles. The highest BCUT2D eigenvalue weighted by Crippen LogP contribution is 2.10. The number of rotatable bonds is 6. The van der Waals surface area contributed by atoms with Gasteiger partial charge in [0.1, 0.15) is 12.4 Å². The van der Waals surface area contributed by atoms with Gasteiger partial charge in [0.2, 0.25) is 0 Å². The van der Waals surface area contributed by atoms with Crippen molar-refractivity contribution in [1.82, 2.24) is 5.32 Å². The van der Waals surface area contributed by atoms with Crippen LogP contribution < -0.4 is 11.1 Å². The zero-order valence-corrected chi connectivity index (χ0v) is 11.2. The lowest BCUT2D eigenvalue weighted by atomic mass is 10.1. The quantitative estimate of drug-likeness (QED) is 0.612. The highest BCUT2D eigenvalue weighted by Gasteiger charge is 2.11. The van der Waals surface area contributed by atoms with Crippen molar-refractivity contribution in [2.24, 2.45) is 5.73 Å². The van der Waals surface area contributed by atoms with Gasteiger partial charge in [-0.3, -0.25) is 4.79 Å². The Bertz CT molecular complexity index is 539. The second-order valence-corrected chi connectivity index (χ2v) is 3.92. The maximum atomic E-state index is 13.2. The van der Waals surface area contributed by atoms with Gasteiger partial charge < -0.3 is 15.8 Å². The number of carbonyl (C=O) groups is 1. The number of ether oxygens (including phenoxy) is 1. The van der Waals surface area contributed by atoms with Crippen LogP contribution in [-0.2, 0) is 4.74 Å². The summed E-state index contributed by atoms with van der Waals surface area (Å²) in [5, 5.41) is 2.44. The first kappa shape index (κ1) is 17.0. The molecule has 0 aromatic heterocycles. The summed E-state index contributed by atoms with van der Waals surface area (Å²) < 4.78 is 41.5. The van der Waals surface area contributed by atoms with Gasteiger partial charge in [-0.15, -0.1) is 0 Å². The van der Waals surface area contributed by atoms with E-state index < -0.39 is 24.8 Å². The van der Waals surface area contributed by atoms with Gasteiger partial charge in [0.25, 0.3) is 12.3 Å². The fraction of sp³-hybridized carbons (Fsp3) is 0.357. The molecule has 0 spiro atoms. The van der Waals surface area contributed by atoms with Crippen molar-refractivity contribution in [2.75, 3.05) is 26.3 Å². The van der Waals surface area contributed by atoms with Crippen molar-refractivity contribution >= 4 is 5.91 Å².